The molecule has 8 heteroatoms. The number of ether oxygens (including phenoxy) is 3. The van der Waals surface area contributed by atoms with Crippen molar-refractivity contribution in [1.29, 1.82) is 0 Å². The molecule has 4 rings (SSSR count). The second kappa shape index (κ2) is 7.30. The highest BCUT2D eigenvalue weighted by Gasteiger charge is 2.25. The van der Waals surface area contributed by atoms with Crippen molar-refractivity contribution in [1.82, 2.24) is 10.6 Å². The van der Waals surface area contributed by atoms with Crippen molar-refractivity contribution in [3.8, 4) is 17.2 Å². The molecule has 2 aromatic rings. The summed E-state index contributed by atoms with van der Waals surface area (Å²) in [5.74, 6) is 1.01. The number of hydrogen-bond acceptors (Lipinski definition) is 4. The van der Waals surface area contributed by atoms with Crippen LogP contribution >= 0.6 is 0 Å². The lowest BCUT2D eigenvalue weighted by Crippen LogP contribution is -2.39. The fraction of sp³-hybridized carbons (Fsp3) is 0.316. The van der Waals surface area contributed by atoms with Crippen molar-refractivity contribution in [3.05, 3.63) is 53.1 Å². The number of nitrogens with one attached hydrogen (secondary N) is 2. The van der Waals surface area contributed by atoms with Crippen molar-refractivity contribution in [2.45, 2.75) is 25.5 Å². The van der Waals surface area contributed by atoms with Gasteiger partial charge in [-0.05, 0) is 23.6 Å². The lowest BCUT2D eigenvalue weighted by Gasteiger charge is -2.30. The van der Waals surface area contributed by atoms with E-state index in [2.05, 4.69) is 27.5 Å². The predicted octanol–water partition coefficient (Wildman–Crippen LogP) is 3.16. The first-order valence-electron chi connectivity index (χ1n) is 8.57. The Morgan fingerprint density at radius 1 is 1.19 bits per heavy atom. The zero-order chi connectivity index (χ0) is 18.8. The molecule has 1 heterocycles. The highest BCUT2D eigenvalue weighted by Crippen LogP contribution is 2.38. The summed E-state index contributed by atoms with van der Waals surface area (Å²) in [6.07, 6.45) is 0.936. The van der Waals surface area contributed by atoms with E-state index in [-0.39, 0.29) is 25.1 Å². The fourth-order valence-electron chi connectivity index (χ4n) is 3.31. The van der Waals surface area contributed by atoms with E-state index in [0.717, 1.165) is 6.42 Å². The van der Waals surface area contributed by atoms with E-state index in [1.54, 1.807) is 0 Å². The second-order valence-corrected chi connectivity index (χ2v) is 6.36. The standard InChI is InChI=1S/C19H18F2N2O4/c20-18(21)27-15-7-17-16(25-10-26-17)6-13(15)9-23-19(24)22-8-12-5-11-3-1-2-4-14(11)12/h1-4,6-7,12,18H,5,8-10H2,(H2,22,23,24). The number of urea groups is 1. The van der Waals surface area contributed by atoms with Crippen LogP contribution < -0.4 is 24.8 Å². The van der Waals surface area contributed by atoms with Gasteiger partial charge in [-0.2, -0.15) is 8.78 Å². The maximum absolute atomic E-state index is 12.6. The summed E-state index contributed by atoms with van der Waals surface area (Å²) >= 11 is 0. The first kappa shape index (κ1) is 17.4. The van der Waals surface area contributed by atoms with Gasteiger partial charge in [0.25, 0.3) is 0 Å². The molecule has 6 nitrogen and oxygen atoms in total. The number of hydrogen-bond donors (Lipinski definition) is 2. The van der Waals surface area contributed by atoms with Gasteiger partial charge in [-0.25, -0.2) is 4.79 Å². The van der Waals surface area contributed by atoms with Crippen molar-refractivity contribution >= 4 is 6.03 Å². The summed E-state index contributed by atoms with van der Waals surface area (Å²) in [6, 6.07) is 10.6. The monoisotopic (exact) mass is 376 g/mol. The zero-order valence-electron chi connectivity index (χ0n) is 14.3. The van der Waals surface area contributed by atoms with Crippen LogP contribution in [0.4, 0.5) is 13.6 Å². The lowest BCUT2D eigenvalue weighted by atomic mass is 9.78. The Kier molecular flexibility index (Phi) is 4.70. The van der Waals surface area contributed by atoms with Crippen LogP contribution in [0.5, 0.6) is 17.2 Å². The minimum atomic E-state index is -2.98. The number of halogens is 2. The van der Waals surface area contributed by atoms with Crippen LogP contribution in [0.1, 0.15) is 22.6 Å². The average molecular weight is 376 g/mol. The van der Waals surface area contributed by atoms with Crippen LogP contribution in [0.15, 0.2) is 36.4 Å². The molecule has 1 aliphatic carbocycles. The number of carbonyl (C=O) groups excluding carboxylic acids is 1. The SMILES string of the molecule is O=C(NCc1cc2c(cc1OC(F)F)OCO2)NCC1Cc2ccccc21. The summed E-state index contributed by atoms with van der Waals surface area (Å²) in [5.41, 5.74) is 2.93. The number of alkyl halides is 2. The number of amides is 2. The summed E-state index contributed by atoms with van der Waals surface area (Å²) < 4.78 is 40.2. The van der Waals surface area contributed by atoms with Crippen molar-refractivity contribution in [3.63, 3.8) is 0 Å². The molecule has 0 radical (unpaired) electrons. The first-order chi connectivity index (χ1) is 13.1. The van der Waals surface area contributed by atoms with Crippen LogP contribution in [-0.2, 0) is 13.0 Å². The average Bonchev–Trinajstić information content (AvgIpc) is 3.07. The number of benzene rings is 2. The third-order valence-electron chi connectivity index (χ3n) is 4.68. The van der Waals surface area contributed by atoms with E-state index >= 15 is 0 Å². The Hall–Kier alpha value is -3.03. The molecule has 2 aromatic carbocycles. The van der Waals surface area contributed by atoms with Crippen LogP contribution in [0.3, 0.4) is 0 Å². The third-order valence-corrected chi connectivity index (χ3v) is 4.68. The van der Waals surface area contributed by atoms with Crippen molar-refractivity contribution in [2.24, 2.45) is 0 Å². The summed E-state index contributed by atoms with van der Waals surface area (Å²) in [4.78, 5) is 12.1. The van der Waals surface area contributed by atoms with Gasteiger partial charge in [0.1, 0.15) is 5.75 Å². The number of rotatable bonds is 6. The molecule has 2 amide bonds. The number of carbonyl (C=O) groups is 1. The number of fused-ring (bicyclic) bond motifs is 2. The van der Waals surface area contributed by atoms with Crippen LogP contribution in [0.25, 0.3) is 0 Å². The minimum Gasteiger partial charge on any atom is -0.454 e. The fourth-order valence-corrected chi connectivity index (χ4v) is 3.31. The van der Waals surface area contributed by atoms with Crippen LogP contribution in [-0.4, -0.2) is 26.0 Å². The van der Waals surface area contributed by atoms with Gasteiger partial charge in [0.2, 0.25) is 6.79 Å². The van der Waals surface area contributed by atoms with Gasteiger partial charge in [-0.1, -0.05) is 24.3 Å². The lowest BCUT2D eigenvalue weighted by molar-refractivity contribution is -0.0505. The normalized spacial score (nSPS) is 16.5. The topological polar surface area (TPSA) is 68.8 Å². The minimum absolute atomic E-state index is 0.0175. The van der Waals surface area contributed by atoms with Gasteiger partial charge in [0, 0.05) is 30.6 Å². The van der Waals surface area contributed by atoms with Gasteiger partial charge >= 0.3 is 12.6 Å². The van der Waals surface area contributed by atoms with E-state index in [1.807, 2.05) is 12.1 Å². The highest BCUT2D eigenvalue weighted by atomic mass is 19.3. The van der Waals surface area contributed by atoms with Gasteiger partial charge < -0.3 is 24.8 Å². The third kappa shape index (κ3) is 3.74. The molecule has 1 aliphatic heterocycles. The predicted molar refractivity (Wildman–Crippen MR) is 92.3 cm³/mol. The molecule has 0 saturated heterocycles. The molecule has 2 aliphatic rings. The summed E-state index contributed by atoms with van der Waals surface area (Å²) in [6.45, 7) is -2.42. The molecule has 0 bridgehead atoms. The maximum atomic E-state index is 12.6. The van der Waals surface area contributed by atoms with Gasteiger partial charge in [0.05, 0.1) is 0 Å². The van der Waals surface area contributed by atoms with E-state index < -0.39 is 6.61 Å². The zero-order valence-corrected chi connectivity index (χ0v) is 14.3. The second-order valence-electron chi connectivity index (χ2n) is 6.36. The van der Waals surface area contributed by atoms with Gasteiger partial charge in [-0.15, -0.1) is 0 Å². The molecule has 0 aromatic heterocycles. The Morgan fingerprint density at radius 3 is 2.74 bits per heavy atom. The first-order valence-corrected chi connectivity index (χ1v) is 8.57. The Labute approximate surface area is 154 Å². The van der Waals surface area contributed by atoms with Crippen molar-refractivity contribution in [2.75, 3.05) is 13.3 Å². The molecular formula is C19H18F2N2O4. The molecule has 0 saturated carbocycles. The highest BCUT2D eigenvalue weighted by molar-refractivity contribution is 5.74. The molecule has 142 valence electrons. The molecule has 0 spiro atoms. The summed E-state index contributed by atoms with van der Waals surface area (Å²) in [7, 11) is 0. The molecule has 1 unspecified atom stereocenters. The maximum Gasteiger partial charge on any atom is 0.387 e. The largest absolute Gasteiger partial charge is 0.454 e. The van der Waals surface area contributed by atoms with Gasteiger partial charge in [-0.3, -0.25) is 0 Å². The van der Waals surface area contributed by atoms with Gasteiger partial charge in [0.15, 0.2) is 11.5 Å². The Bertz CT molecular complexity index is 860. The quantitative estimate of drug-likeness (QED) is 0.813. The molecule has 2 N–H and O–H groups in total. The molecule has 27 heavy (non-hydrogen) atoms. The smallest absolute Gasteiger partial charge is 0.387 e. The van der Waals surface area contributed by atoms with Crippen molar-refractivity contribution < 1.29 is 27.8 Å². The van der Waals surface area contributed by atoms with E-state index in [9.17, 15) is 13.6 Å². The molecule has 0 fully saturated rings. The molecular weight excluding hydrogens is 358 g/mol. The van der Waals surface area contributed by atoms with E-state index in [1.165, 1.54) is 23.3 Å². The van der Waals surface area contributed by atoms with Crippen LogP contribution in [0.2, 0.25) is 0 Å². The molecule has 1 atom stereocenters. The Balaban J connectivity index is 1.33. The van der Waals surface area contributed by atoms with Crippen LogP contribution in [0, 0.1) is 0 Å². The summed E-state index contributed by atoms with van der Waals surface area (Å²) in [5, 5.41) is 5.47. The Morgan fingerprint density at radius 2 is 1.96 bits per heavy atom. The van der Waals surface area contributed by atoms with E-state index in [4.69, 9.17) is 9.47 Å². The van der Waals surface area contributed by atoms with E-state index in [0.29, 0.717) is 29.5 Å².